The molecular weight excluding hydrogens is 498 g/mol. The number of likely N-dealkylation sites (tertiary alicyclic amines) is 1. The molecular formula is C29H35N5O5. The number of hydrogen-bond acceptors (Lipinski definition) is 5. The van der Waals surface area contributed by atoms with Crippen molar-refractivity contribution in [3.05, 3.63) is 35.5 Å². The molecule has 6 rings (SSSR count). The van der Waals surface area contributed by atoms with Gasteiger partial charge in [-0.3, -0.25) is 24.0 Å². The maximum Gasteiger partial charge on any atom is 0.289 e. The second kappa shape index (κ2) is 9.81. The first kappa shape index (κ1) is 25.6. The number of rotatable bonds is 8. The van der Waals surface area contributed by atoms with Crippen molar-refractivity contribution < 1.29 is 24.0 Å². The number of carbonyl (C=O) groups excluding carboxylic acids is 5. The minimum atomic E-state index is -1.13. The molecule has 2 aliphatic heterocycles. The van der Waals surface area contributed by atoms with Crippen LogP contribution in [0.5, 0.6) is 0 Å². The van der Waals surface area contributed by atoms with Gasteiger partial charge in [0.25, 0.3) is 11.8 Å². The Bertz CT molecular complexity index is 1360. The molecule has 1 spiro atoms. The molecule has 10 heteroatoms. The van der Waals surface area contributed by atoms with E-state index in [0.29, 0.717) is 31.6 Å². The Morgan fingerprint density at radius 1 is 1.10 bits per heavy atom. The molecule has 206 valence electrons. The van der Waals surface area contributed by atoms with Crippen LogP contribution in [0.25, 0.3) is 10.9 Å². The van der Waals surface area contributed by atoms with Gasteiger partial charge in [-0.2, -0.15) is 0 Å². The lowest BCUT2D eigenvalue weighted by atomic mass is 9.86. The highest BCUT2D eigenvalue weighted by Gasteiger charge is 2.51. The van der Waals surface area contributed by atoms with Gasteiger partial charge in [-0.15, -0.1) is 0 Å². The Morgan fingerprint density at radius 3 is 2.59 bits per heavy atom. The molecule has 2 aliphatic carbocycles. The topological polar surface area (TPSA) is 140 Å². The van der Waals surface area contributed by atoms with Gasteiger partial charge >= 0.3 is 0 Å². The maximum atomic E-state index is 13.8. The number of aryl methyl sites for hydroxylation is 1. The van der Waals surface area contributed by atoms with Gasteiger partial charge in [0.2, 0.25) is 17.6 Å². The summed E-state index contributed by atoms with van der Waals surface area (Å²) in [5.41, 5.74) is 2.40. The third-order valence-corrected chi connectivity index (χ3v) is 8.87. The van der Waals surface area contributed by atoms with E-state index in [-0.39, 0.29) is 29.7 Å². The number of piperidine rings is 1. The molecule has 4 aliphatic rings. The highest BCUT2D eigenvalue weighted by molar-refractivity contribution is 6.38. The fraction of sp³-hybridized carbons (Fsp3) is 0.552. The van der Waals surface area contributed by atoms with Crippen LogP contribution < -0.4 is 16.0 Å². The Kier molecular flexibility index (Phi) is 6.43. The van der Waals surface area contributed by atoms with Crippen LogP contribution in [0.2, 0.25) is 0 Å². The zero-order valence-electron chi connectivity index (χ0n) is 22.2. The van der Waals surface area contributed by atoms with Gasteiger partial charge in [0.15, 0.2) is 0 Å². The molecule has 0 bridgehead atoms. The Hall–Kier alpha value is -3.69. The van der Waals surface area contributed by atoms with Crippen molar-refractivity contribution in [3.63, 3.8) is 0 Å². The van der Waals surface area contributed by atoms with E-state index in [1.807, 2.05) is 31.2 Å². The van der Waals surface area contributed by atoms with Crippen molar-refractivity contribution in [1.82, 2.24) is 25.8 Å². The molecule has 1 aromatic heterocycles. The van der Waals surface area contributed by atoms with E-state index in [0.717, 1.165) is 48.6 Å². The molecule has 10 nitrogen and oxygen atoms in total. The monoisotopic (exact) mass is 533 g/mol. The molecule has 2 aromatic rings. The van der Waals surface area contributed by atoms with Crippen molar-refractivity contribution in [2.24, 2.45) is 11.3 Å². The van der Waals surface area contributed by atoms with E-state index in [1.165, 1.54) is 0 Å². The first-order chi connectivity index (χ1) is 18.7. The van der Waals surface area contributed by atoms with Crippen LogP contribution in [0, 0.1) is 18.3 Å². The summed E-state index contributed by atoms with van der Waals surface area (Å²) in [6, 6.07) is 5.83. The summed E-state index contributed by atoms with van der Waals surface area (Å²) in [5, 5.41) is 9.20. The van der Waals surface area contributed by atoms with Gasteiger partial charge < -0.3 is 25.8 Å². The van der Waals surface area contributed by atoms with Gasteiger partial charge in [-0.05, 0) is 81.9 Å². The van der Waals surface area contributed by atoms with Gasteiger partial charge in [0.05, 0.1) is 6.04 Å². The van der Waals surface area contributed by atoms with Crippen molar-refractivity contribution in [2.45, 2.75) is 76.4 Å². The van der Waals surface area contributed by atoms with Gasteiger partial charge in [0, 0.05) is 36.0 Å². The standard InChI is InChI=1S/C29H35N5O5/c1-16-2-5-20-18(12-16)14-22(32-20)28(39)34-11-9-29(7-8-29)15-23(34)26(37)33-21(13-17-6-10-30-25(17)36)24(35)27(38)31-19-3-4-19/h2,5,12,14,17,19,21,23,32H,3-4,6-11,13,15H2,1H3,(H,30,36)(H,31,38)(H,33,37). The lowest BCUT2D eigenvalue weighted by Crippen LogP contribution is -2.58. The lowest BCUT2D eigenvalue weighted by Gasteiger charge is -2.39. The normalized spacial score (nSPS) is 24.3. The highest BCUT2D eigenvalue weighted by atomic mass is 16.2. The molecule has 3 unspecified atom stereocenters. The minimum Gasteiger partial charge on any atom is -0.356 e. The average molecular weight is 534 g/mol. The number of hydrogen-bond donors (Lipinski definition) is 4. The largest absolute Gasteiger partial charge is 0.356 e. The van der Waals surface area contributed by atoms with Crippen molar-refractivity contribution in [3.8, 4) is 0 Å². The summed E-state index contributed by atoms with van der Waals surface area (Å²) >= 11 is 0. The second-order valence-corrected chi connectivity index (χ2v) is 11.9. The van der Waals surface area contributed by atoms with Crippen LogP contribution in [0.3, 0.4) is 0 Å². The molecule has 39 heavy (non-hydrogen) atoms. The van der Waals surface area contributed by atoms with Crippen LogP contribution in [0.1, 0.15) is 67.4 Å². The second-order valence-electron chi connectivity index (χ2n) is 11.9. The number of amides is 4. The molecule has 4 N–H and O–H groups in total. The van der Waals surface area contributed by atoms with Gasteiger partial charge in [0.1, 0.15) is 11.7 Å². The van der Waals surface area contributed by atoms with Crippen molar-refractivity contribution >= 4 is 40.3 Å². The molecule has 1 aromatic carbocycles. The SMILES string of the molecule is Cc1ccc2[nH]c(C(=O)N3CCC4(CC4)CC3C(=O)NC(CC3CCNC3=O)C(=O)C(=O)NC3CC3)cc2c1. The highest BCUT2D eigenvalue weighted by Crippen LogP contribution is 2.55. The van der Waals surface area contributed by atoms with E-state index in [2.05, 4.69) is 20.9 Å². The molecule has 0 radical (unpaired) electrons. The predicted molar refractivity (Wildman–Crippen MR) is 143 cm³/mol. The van der Waals surface area contributed by atoms with Crippen LogP contribution >= 0.6 is 0 Å². The summed E-state index contributed by atoms with van der Waals surface area (Å²) < 4.78 is 0. The summed E-state index contributed by atoms with van der Waals surface area (Å²) in [7, 11) is 0. The summed E-state index contributed by atoms with van der Waals surface area (Å²) in [6.07, 6.45) is 5.63. The zero-order chi connectivity index (χ0) is 27.3. The number of Topliss-reactive ketones (excluding diaryl/α,β-unsaturated/α-hetero) is 1. The van der Waals surface area contributed by atoms with Gasteiger partial charge in [-0.25, -0.2) is 0 Å². The number of benzene rings is 1. The van der Waals surface area contributed by atoms with Crippen LogP contribution in [0.15, 0.2) is 24.3 Å². The number of ketones is 1. The van der Waals surface area contributed by atoms with Crippen molar-refractivity contribution in [2.75, 3.05) is 13.1 Å². The van der Waals surface area contributed by atoms with Gasteiger partial charge in [-0.1, -0.05) is 11.6 Å². The number of nitrogens with one attached hydrogen (secondary N) is 4. The molecule has 4 amide bonds. The zero-order valence-corrected chi connectivity index (χ0v) is 22.2. The Morgan fingerprint density at radius 2 is 1.90 bits per heavy atom. The third-order valence-electron chi connectivity index (χ3n) is 8.87. The first-order valence-electron chi connectivity index (χ1n) is 14.0. The Balaban J connectivity index is 1.23. The molecule has 3 heterocycles. The molecule has 4 fully saturated rings. The van der Waals surface area contributed by atoms with E-state index in [1.54, 1.807) is 4.90 Å². The molecule has 2 saturated carbocycles. The summed E-state index contributed by atoms with van der Waals surface area (Å²) in [5.74, 6) is -2.81. The van der Waals surface area contributed by atoms with E-state index >= 15 is 0 Å². The Labute approximate surface area is 226 Å². The average Bonchev–Trinajstić information content (AvgIpc) is 3.80. The summed E-state index contributed by atoms with van der Waals surface area (Å²) in [4.78, 5) is 70.4. The van der Waals surface area contributed by atoms with E-state index < -0.39 is 35.6 Å². The molecule has 3 atom stereocenters. The number of aromatic nitrogens is 1. The first-order valence-corrected chi connectivity index (χ1v) is 14.0. The number of carbonyl (C=O) groups is 5. The van der Waals surface area contributed by atoms with Crippen LogP contribution in [0.4, 0.5) is 0 Å². The fourth-order valence-corrected chi connectivity index (χ4v) is 6.06. The number of aromatic amines is 1. The smallest absolute Gasteiger partial charge is 0.289 e. The maximum absolute atomic E-state index is 13.8. The minimum absolute atomic E-state index is 0.00569. The van der Waals surface area contributed by atoms with E-state index in [9.17, 15) is 24.0 Å². The predicted octanol–water partition coefficient (Wildman–Crippen LogP) is 1.72. The van der Waals surface area contributed by atoms with Crippen LogP contribution in [-0.2, 0) is 19.2 Å². The lowest BCUT2D eigenvalue weighted by molar-refractivity contribution is -0.141. The quantitative estimate of drug-likeness (QED) is 0.383. The van der Waals surface area contributed by atoms with Crippen molar-refractivity contribution in [1.29, 1.82) is 0 Å². The number of fused-ring (bicyclic) bond motifs is 1. The number of nitrogens with zero attached hydrogens (tertiary/aromatic N) is 1. The van der Waals surface area contributed by atoms with Crippen LogP contribution in [-0.4, -0.2) is 70.5 Å². The number of H-pyrrole nitrogens is 1. The van der Waals surface area contributed by atoms with E-state index in [4.69, 9.17) is 0 Å². The molecule has 2 saturated heterocycles. The third kappa shape index (κ3) is 5.29. The fourth-order valence-electron chi connectivity index (χ4n) is 6.06. The summed E-state index contributed by atoms with van der Waals surface area (Å²) in [6.45, 7) is 2.94.